The fourth-order valence-electron chi connectivity index (χ4n) is 1.60. The van der Waals surface area contributed by atoms with Crippen LogP contribution in [0, 0.1) is 11.8 Å². The van der Waals surface area contributed by atoms with E-state index in [4.69, 9.17) is 19.3 Å². The zero-order valence-electron chi connectivity index (χ0n) is 15.2. The molecule has 0 saturated heterocycles. The predicted molar refractivity (Wildman–Crippen MR) is 88.3 cm³/mol. The average molecular weight is 348 g/mol. The summed E-state index contributed by atoms with van der Waals surface area (Å²) in [5.74, 6) is -0.429. The molecule has 0 bridgehead atoms. The van der Waals surface area contributed by atoms with Crippen molar-refractivity contribution in [3.05, 3.63) is 0 Å². The summed E-state index contributed by atoms with van der Waals surface area (Å²) >= 11 is 0. The molecule has 0 amide bonds. The predicted octanol–water partition coefficient (Wildman–Crippen LogP) is 1.29. The number of aliphatic hydroxyl groups is 2. The first-order valence-electron chi connectivity index (χ1n) is 8.49. The topological polar surface area (TPSA) is 102 Å². The second kappa shape index (κ2) is 13.1. The van der Waals surface area contributed by atoms with Crippen molar-refractivity contribution >= 4 is 11.9 Å². The van der Waals surface area contributed by atoms with Gasteiger partial charge in [-0.3, -0.25) is 4.79 Å². The molecule has 0 aliphatic carbocycles. The highest BCUT2D eigenvalue weighted by molar-refractivity contribution is 5.81. The third kappa shape index (κ3) is 12.3. The maximum absolute atomic E-state index is 12.0. The van der Waals surface area contributed by atoms with Gasteiger partial charge in [0.2, 0.25) is 0 Å². The molecule has 0 saturated carbocycles. The molecule has 7 nitrogen and oxygen atoms in total. The van der Waals surface area contributed by atoms with Crippen molar-refractivity contribution in [3.63, 3.8) is 0 Å². The average Bonchev–Trinajstić information content (AvgIpc) is 2.49. The lowest BCUT2D eigenvalue weighted by Gasteiger charge is -2.18. The lowest BCUT2D eigenvalue weighted by atomic mass is 10.1. The molecule has 2 atom stereocenters. The Morgan fingerprint density at radius 3 is 2.00 bits per heavy atom. The molecule has 0 aromatic carbocycles. The Bertz CT molecular complexity index is 355. The third-order valence-electron chi connectivity index (χ3n) is 3.21. The zero-order valence-corrected chi connectivity index (χ0v) is 15.2. The Balaban J connectivity index is 4.44. The minimum Gasteiger partial charge on any atom is -0.466 e. The third-order valence-corrected chi connectivity index (χ3v) is 3.21. The number of aliphatic hydroxyl groups excluding tert-OH is 2. The van der Waals surface area contributed by atoms with Crippen LogP contribution in [0.4, 0.5) is 0 Å². The Hall–Kier alpha value is -1.18. The number of ether oxygens (including phenoxy) is 3. The van der Waals surface area contributed by atoms with Crippen LogP contribution in [0.5, 0.6) is 0 Å². The molecular weight excluding hydrogens is 316 g/mol. The van der Waals surface area contributed by atoms with E-state index in [1.54, 1.807) is 0 Å². The number of esters is 2. The minimum atomic E-state index is -1.15. The standard InChI is InChI=1S/C17H32O7/c1-12(2)5-7-22-16(20)9-15(24-11-14(19)10-18)17(21)23-8-6-13(3)4/h12-15,18-19H,5-11H2,1-4H3. The molecule has 2 unspecified atom stereocenters. The number of carbonyl (C=O) groups is 2. The first kappa shape index (κ1) is 22.8. The zero-order chi connectivity index (χ0) is 18.5. The van der Waals surface area contributed by atoms with Crippen molar-refractivity contribution in [1.29, 1.82) is 0 Å². The lowest BCUT2D eigenvalue weighted by Crippen LogP contribution is -2.34. The van der Waals surface area contributed by atoms with Gasteiger partial charge in [0.15, 0.2) is 6.10 Å². The van der Waals surface area contributed by atoms with Gasteiger partial charge < -0.3 is 24.4 Å². The summed E-state index contributed by atoms with van der Waals surface area (Å²) in [4.78, 5) is 23.9. The van der Waals surface area contributed by atoms with E-state index in [-0.39, 0.29) is 26.2 Å². The second-order valence-corrected chi connectivity index (χ2v) is 6.62. The van der Waals surface area contributed by atoms with Gasteiger partial charge in [-0.1, -0.05) is 27.7 Å². The van der Waals surface area contributed by atoms with E-state index in [1.165, 1.54) is 0 Å². The Morgan fingerprint density at radius 2 is 1.50 bits per heavy atom. The molecule has 0 radical (unpaired) electrons. The molecule has 0 aromatic heterocycles. The van der Waals surface area contributed by atoms with Crippen LogP contribution in [0.2, 0.25) is 0 Å². The summed E-state index contributed by atoms with van der Waals surface area (Å²) in [6, 6.07) is 0. The van der Waals surface area contributed by atoms with Crippen molar-refractivity contribution in [2.75, 3.05) is 26.4 Å². The number of rotatable bonds is 13. The van der Waals surface area contributed by atoms with Gasteiger partial charge in [0.05, 0.1) is 32.8 Å². The first-order chi connectivity index (χ1) is 11.3. The number of carbonyl (C=O) groups excluding carboxylic acids is 2. The molecule has 7 heteroatoms. The van der Waals surface area contributed by atoms with E-state index in [2.05, 4.69) is 0 Å². The summed E-state index contributed by atoms with van der Waals surface area (Å²) in [6.07, 6.45) is -1.11. The van der Waals surface area contributed by atoms with Gasteiger partial charge >= 0.3 is 11.9 Å². The van der Waals surface area contributed by atoms with Gasteiger partial charge in [-0.05, 0) is 24.7 Å². The Labute approximate surface area is 144 Å². The SMILES string of the molecule is CC(C)CCOC(=O)CC(OCC(O)CO)C(=O)OCCC(C)C. The van der Waals surface area contributed by atoms with Crippen LogP contribution < -0.4 is 0 Å². The van der Waals surface area contributed by atoms with Crippen LogP contribution in [0.3, 0.4) is 0 Å². The summed E-state index contributed by atoms with van der Waals surface area (Å²) in [7, 11) is 0. The van der Waals surface area contributed by atoms with Crippen LogP contribution >= 0.6 is 0 Å². The molecule has 0 fully saturated rings. The molecule has 0 spiro atoms. The van der Waals surface area contributed by atoms with Crippen LogP contribution in [0.15, 0.2) is 0 Å². The van der Waals surface area contributed by atoms with Crippen LogP contribution in [0.25, 0.3) is 0 Å². The highest BCUT2D eigenvalue weighted by Crippen LogP contribution is 2.08. The summed E-state index contributed by atoms with van der Waals surface area (Å²) in [5.41, 5.74) is 0. The largest absolute Gasteiger partial charge is 0.466 e. The summed E-state index contributed by atoms with van der Waals surface area (Å²) in [5, 5.41) is 18.1. The number of hydrogen-bond donors (Lipinski definition) is 2. The number of hydrogen-bond acceptors (Lipinski definition) is 7. The first-order valence-corrected chi connectivity index (χ1v) is 8.49. The van der Waals surface area contributed by atoms with E-state index in [9.17, 15) is 14.7 Å². The molecule has 0 rings (SSSR count). The summed E-state index contributed by atoms with van der Waals surface area (Å²) in [6.45, 7) is 7.81. The highest BCUT2D eigenvalue weighted by Gasteiger charge is 2.26. The molecule has 24 heavy (non-hydrogen) atoms. The Kier molecular flexibility index (Phi) is 12.5. The quantitative estimate of drug-likeness (QED) is 0.484. The van der Waals surface area contributed by atoms with Crippen molar-refractivity contribution in [1.82, 2.24) is 0 Å². The van der Waals surface area contributed by atoms with Gasteiger partial charge in [-0.25, -0.2) is 4.79 Å². The van der Waals surface area contributed by atoms with Crippen molar-refractivity contribution in [2.24, 2.45) is 11.8 Å². The second-order valence-electron chi connectivity index (χ2n) is 6.62. The van der Waals surface area contributed by atoms with Crippen LogP contribution in [-0.4, -0.2) is 60.8 Å². The van der Waals surface area contributed by atoms with Gasteiger partial charge in [-0.2, -0.15) is 0 Å². The molecule has 2 N–H and O–H groups in total. The van der Waals surface area contributed by atoms with E-state index < -0.39 is 30.8 Å². The van der Waals surface area contributed by atoms with E-state index in [0.717, 1.165) is 6.42 Å². The van der Waals surface area contributed by atoms with E-state index >= 15 is 0 Å². The lowest BCUT2D eigenvalue weighted by molar-refractivity contribution is -0.166. The monoisotopic (exact) mass is 348 g/mol. The molecule has 0 heterocycles. The molecular formula is C17H32O7. The fraction of sp³-hybridized carbons (Fsp3) is 0.882. The highest BCUT2D eigenvalue weighted by atomic mass is 16.6. The normalized spacial score (nSPS) is 13.8. The van der Waals surface area contributed by atoms with Crippen molar-refractivity contribution in [3.8, 4) is 0 Å². The molecule has 0 aromatic rings. The summed E-state index contributed by atoms with van der Waals surface area (Å²) < 4.78 is 15.4. The van der Waals surface area contributed by atoms with E-state index in [1.807, 2.05) is 27.7 Å². The Morgan fingerprint density at radius 1 is 0.958 bits per heavy atom. The van der Waals surface area contributed by atoms with Gasteiger partial charge in [-0.15, -0.1) is 0 Å². The maximum Gasteiger partial charge on any atom is 0.335 e. The van der Waals surface area contributed by atoms with Crippen molar-refractivity contribution in [2.45, 2.75) is 59.2 Å². The van der Waals surface area contributed by atoms with Gasteiger partial charge in [0.1, 0.15) is 6.10 Å². The van der Waals surface area contributed by atoms with Gasteiger partial charge in [0.25, 0.3) is 0 Å². The molecule has 0 aliphatic rings. The smallest absolute Gasteiger partial charge is 0.335 e. The van der Waals surface area contributed by atoms with Crippen LogP contribution in [-0.2, 0) is 23.8 Å². The minimum absolute atomic E-state index is 0.237. The fourth-order valence-corrected chi connectivity index (χ4v) is 1.60. The van der Waals surface area contributed by atoms with Crippen molar-refractivity contribution < 1.29 is 34.0 Å². The molecule has 0 aliphatic heterocycles. The van der Waals surface area contributed by atoms with E-state index in [0.29, 0.717) is 18.3 Å². The van der Waals surface area contributed by atoms with Gasteiger partial charge in [0, 0.05) is 0 Å². The maximum atomic E-state index is 12.0. The van der Waals surface area contributed by atoms with Crippen LogP contribution in [0.1, 0.15) is 47.0 Å². The molecule has 142 valence electrons.